The second-order valence-electron chi connectivity index (χ2n) is 5.05. The molecule has 1 aromatic heterocycles. The summed E-state index contributed by atoms with van der Waals surface area (Å²) in [6, 6.07) is 7.31. The van der Waals surface area contributed by atoms with Gasteiger partial charge in [0.05, 0.1) is 19.3 Å². The van der Waals surface area contributed by atoms with Crippen molar-refractivity contribution in [1.82, 2.24) is 9.78 Å². The van der Waals surface area contributed by atoms with Gasteiger partial charge in [0.25, 0.3) is 10.0 Å². The van der Waals surface area contributed by atoms with Gasteiger partial charge >= 0.3 is 0 Å². The summed E-state index contributed by atoms with van der Waals surface area (Å²) in [6.45, 7) is 4.27. The Hall–Kier alpha value is -1.86. The van der Waals surface area contributed by atoms with Crippen molar-refractivity contribution in [3.05, 3.63) is 42.2 Å². The van der Waals surface area contributed by atoms with Crippen LogP contribution in [-0.2, 0) is 16.6 Å². The fourth-order valence-electron chi connectivity index (χ4n) is 1.88. The van der Waals surface area contributed by atoms with E-state index in [1.807, 2.05) is 32.0 Å². The molecule has 0 unspecified atom stereocenters. The van der Waals surface area contributed by atoms with Gasteiger partial charge in [-0.05, 0) is 23.6 Å². The van der Waals surface area contributed by atoms with E-state index in [4.69, 9.17) is 5.11 Å². The van der Waals surface area contributed by atoms with Crippen LogP contribution >= 0.6 is 0 Å². The zero-order valence-electron chi connectivity index (χ0n) is 12.0. The number of benzene rings is 1. The lowest BCUT2D eigenvalue weighted by molar-refractivity contribution is 0.269. The van der Waals surface area contributed by atoms with E-state index in [9.17, 15) is 8.42 Å². The number of anilines is 1. The average molecular weight is 309 g/mol. The van der Waals surface area contributed by atoms with E-state index in [1.54, 1.807) is 6.07 Å². The Labute approximate surface area is 124 Å². The van der Waals surface area contributed by atoms with Gasteiger partial charge in [-0.15, -0.1) is 0 Å². The number of sulfonamides is 1. The Morgan fingerprint density at radius 2 is 2.14 bits per heavy atom. The van der Waals surface area contributed by atoms with Crippen LogP contribution in [-0.4, -0.2) is 29.9 Å². The lowest BCUT2D eigenvalue weighted by Gasteiger charge is -2.10. The molecule has 0 fully saturated rings. The summed E-state index contributed by atoms with van der Waals surface area (Å²) in [5.41, 5.74) is 1.59. The first-order valence-electron chi connectivity index (χ1n) is 6.68. The van der Waals surface area contributed by atoms with Crippen LogP contribution in [0.3, 0.4) is 0 Å². The largest absolute Gasteiger partial charge is 0.394 e. The summed E-state index contributed by atoms with van der Waals surface area (Å²) < 4.78 is 28.5. The third-order valence-electron chi connectivity index (χ3n) is 3.05. The predicted octanol–water partition coefficient (Wildman–Crippen LogP) is 1.80. The predicted molar refractivity (Wildman–Crippen MR) is 80.7 cm³/mol. The summed E-state index contributed by atoms with van der Waals surface area (Å²) in [5.74, 6) is 0.321. The number of nitrogens with one attached hydrogen (secondary N) is 1. The first-order valence-corrected chi connectivity index (χ1v) is 8.17. The Balaban J connectivity index is 2.22. The molecule has 1 aromatic carbocycles. The summed E-state index contributed by atoms with van der Waals surface area (Å²) in [6.07, 6.45) is 2.66. The third-order valence-corrected chi connectivity index (χ3v) is 4.39. The summed E-state index contributed by atoms with van der Waals surface area (Å²) in [5, 5.41) is 12.7. The molecule has 0 amide bonds. The number of aliphatic hydroxyl groups is 1. The number of hydrogen-bond donors (Lipinski definition) is 2. The standard InChI is InChI=1S/C14H19N3O3S/c1-11(2)12-4-3-5-13(8-12)16-21(19,20)14-9-15-17(10-14)6-7-18/h3-5,8-11,16,18H,6-7H2,1-2H3. The summed E-state index contributed by atoms with van der Waals surface area (Å²) in [7, 11) is -3.67. The van der Waals surface area contributed by atoms with Gasteiger partial charge in [0, 0.05) is 11.9 Å². The highest BCUT2D eigenvalue weighted by molar-refractivity contribution is 7.92. The van der Waals surface area contributed by atoms with E-state index in [-0.39, 0.29) is 18.0 Å². The van der Waals surface area contributed by atoms with Crippen LogP contribution in [0.4, 0.5) is 5.69 Å². The molecular weight excluding hydrogens is 290 g/mol. The summed E-state index contributed by atoms with van der Waals surface area (Å²) in [4.78, 5) is 0.0749. The maximum atomic E-state index is 12.3. The molecule has 6 nitrogen and oxygen atoms in total. The second kappa shape index (κ2) is 6.28. The molecule has 0 saturated carbocycles. The highest BCUT2D eigenvalue weighted by Gasteiger charge is 2.17. The number of aliphatic hydroxyl groups excluding tert-OH is 1. The fourth-order valence-corrected chi connectivity index (χ4v) is 2.88. The smallest absolute Gasteiger partial charge is 0.265 e. The normalized spacial score (nSPS) is 11.8. The minimum atomic E-state index is -3.67. The topological polar surface area (TPSA) is 84.2 Å². The van der Waals surface area contributed by atoms with Crippen LogP contribution in [0.25, 0.3) is 0 Å². The molecule has 0 spiro atoms. The molecule has 0 bridgehead atoms. The second-order valence-corrected chi connectivity index (χ2v) is 6.73. The van der Waals surface area contributed by atoms with E-state index in [1.165, 1.54) is 17.1 Å². The molecule has 1 heterocycles. The number of hydrogen-bond acceptors (Lipinski definition) is 4. The van der Waals surface area contributed by atoms with Crippen molar-refractivity contribution in [3.63, 3.8) is 0 Å². The van der Waals surface area contributed by atoms with Crippen molar-refractivity contribution in [2.24, 2.45) is 0 Å². The van der Waals surface area contributed by atoms with E-state index in [0.717, 1.165) is 5.56 Å². The van der Waals surface area contributed by atoms with Crippen LogP contribution < -0.4 is 4.72 Å². The van der Waals surface area contributed by atoms with Gasteiger partial charge in [0.2, 0.25) is 0 Å². The molecule has 0 atom stereocenters. The third kappa shape index (κ3) is 3.83. The molecule has 2 aromatic rings. The maximum absolute atomic E-state index is 12.3. The number of rotatable bonds is 6. The number of nitrogens with zero attached hydrogens (tertiary/aromatic N) is 2. The van der Waals surface area contributed by atoms with Gasteiger partial charge in [-0.2, -0.15) is 5.10 Å². The molecule has 21 heavy (non-hydrogen) atoms. The van der Waals surface area contributed by atoms with Crippen molar-refractivity contribution in [3.8, 4) is 0 Å². The molecule has 0 saturated heterocycles. The first-order chi connectivity index (χ1) is 9.92. The molecule has 0 radical (unpaired) electrons. The van der Waals surface area contributed by atoms with Crippen molar-refractivity contribution >= 4 is 15.7 Å². The zero-order valence-corrected chi connectivity index (χ0v) is 12.8. The van der Waals surface area contributed by atoms with Crippen LogP contribution in [0, 0.1) is 0 Å². The molecule has 2 rings (SSSR count). The fraction of sp³-hybridized carbons (Fsp3) is 0.357. The van der Waals surface area contributed by atoms with Gasteiger partial charge in [0.15, 0.2) is 0 Å². The van der Waals surface area contributed by atoms with Crippen LogP contribution in [0.5, 0.6) is 0 Å². The van der Waals surface area contributed by atoms with Gasteiger partial charge in [0.1, 0.15) is 4.90 Å². The molecule has 114 valence electrons. The SMILES string of the molecule is CC(C)c1cccc(NS(=O)(=O)c2cnn(CCO)c2)c1. The Kier molecular flexibility index (Phi) is 4.64. The monoisotopic (exact) mass is 309 g/mol. The molecule has 0 aliphatic heterocycles. The van der Waals surface area contributed by atoms with E-state index in [0.29, 0.717) is 11.6 Å². The minimum Gasteiger partial charge on any atom is -0.394 e. The molecular formula is C14H19N3O3S. The zero-order chi connectivity index (χ0) is 15.5. The van der Waals surface area contributed by atoms with Crippen molar-refractivity contribution in [1.29, 1.82) is 0 Å². The van der Waals surface area contributed by atoms with Crippen molar-refractivity contribution in [2.75, 3.05) is 11.3 Å². The maximum Gasteiger partial charge on any atom is 0.265 e. The van der Waals surface area contributed by atoms with Crippen molar-refractivity contribution in [2.45, 2.75) is 31.2 Å². The van der Waals surface area contributed by atoms with Gasteiger partial charge < -0.3 is 5.11 Å². The Morgan fingerprint density at radius 3 is 2.81 bits per heavy atom. The van der Waals surface area contributed by atoms with Gasteiger partial charge in [-0.1, -0.05) is 26.0 Å². The molecule has 0 aliphatic carbocycles. The van der Waals surface area contributed by atoms with Gasteiger partial charge in [-0.3, -0.25) is 9.40 Å². The number of aromatic nitrogens is 2. The minimum absolute atomic E-state index is 0.0749. The van der Waals surface area contributed by atoms with Crippen LogP contribution in [0.15, 0.2) is 41.6 Å². The quantitative estimate of drug-likeness (QED) is 0.852. The van der Waals surface area contributed by atoms with Crippen molar-refractivity contribution < 1.29 is 13.5 Å². The lowest BCUT2D eigenvalue weighted by atomic mass is 10.0. The molecule has 0 aliphatic rings. The molecule has 7 heteroatoms. The van der Waals surface area contributed by atoms with Crippen LogP contribution in [0.2, 0.25) is 0 Å². The van der Waals surface area contributed by atoms with Gasteiger partial charge in [-0.25, -0.2) is 8.42 Å². The van der Waals surface area contributed by atoms with E-state index < -0.39 is 10.0 Å². The van der Waals surface area contributed by atoms with E-state index in [2.05, 4.69) is 9.82 Å². The van der Waals surface area contributed by atoms with Crippen LogP contribution in [0.1, 0.15) is 25.3 Å². The van der Waals surface area contributed by atoms with E-state index >= 15 is 0 Å². The average Bonchev–Trinajstić information content (AvgIpc) is 2.88. The highest BCUT2D eigenvalue weighted by atomic mass is 32.2. The first kappa shape index (κ1) is 15.5. The lowest BCUT2D eigenvalue weighted by Crippen LogP contribution is -2.12. The Bertz CT molecular complexity index is 708. The molecule has 2 N–H and O–H groups in total. The summed E-state index contributed by atoms with van der Waals surface area (Å²) >= 11 is 0. The Morgan fingerprint density at radius 1 is 1.38 bits per heavy atom. The highest BCUT2D eigenvalue weighted by Crippen LogP contribution is 2.21.